The van der Waals surface area contributed by atoms with Gasteiger partial charge in [0.05, 0.1) is 0 Å². The monoisotopic (exact) mass is 318 g/mol. The maximum atomic E-state index is 12.1. The van der Waals surface area contributed by atoms with Crippen LogP contribution >= 0.6 is 0 Å². The summed E-state index contributed by atoms with van der Waals surface area (Å²) in [5.41, 5.74) is 2.21. The number of rotatable bonds is 1. The Labute approximate surface area is 135 Å². The van der Waals surface area contributed by atoms with E-state index in [2.05, 4.69) is 6.07 Å². The topological polar surface area (TPSA) is 20.3 Å². The molecule has 0 N–H and O–H groups in total. The van der Waals surface area contributed by atoms with Gasteiger partial charge in [-0.2, -0.15) is 12.1 Å². The zero-order valence-corrected chi connectivity index (χ0v) is 14.2. The predicted molar refractivity (Wildman–Crippen MR) is 70.5 cm³/mol. The average molecular weight is 318 g/mol. The van der Waals surface area contributed by atoms with Gasteiger partial charge in [-0.1, -0.05) is 20.3 Å². The van der Waals surface area contributed by atoms with Gasteiger partial charge in [-0.3, -0.25) is 15.9 Å². The Kier molecular flexibility index (Phi) is 8.38. The van der Waals surface area contributed by atoms with Crippen molar-refractivity contribution >= 4 is 11.5 Å². The zero-order chi connectivity index (χ0) is 12.8. The van der Waals surface area contributed by atoms with Gasteiger partial charge < -0.3 is 11.5 Å². The molecule has 0 unspecified atom stereocenters. The summed E-state index contributed by atoms with van der Waals surface area (Å²) < 4.78 is 0. The van der Waals surface area contributed by atoms with Gasteiger partial charge >= 0.3 is 0 Å². The minimum absolute atomic E-state index is 0. The first-order chi connectivity index (χ1) is 8.24. The van der Waals surface area contributed by atoms with E-state index in [4.69, 9.17) is 6.58 Å². The summed E-state index contributed by atoms with van der Waals surface area (Å²) in [5.74, 6) is 0.0600. The molecule has 3 heteroatoms. The van der Waals surface area contributed by atoms with E-state index in [1.54, 1.807) is 6.07 Å². The molecule has 95 valence electrons. The summed E-state index contributed by atoms with van der Waals surface area (Å²) in [5, 5.41) is 0. The van der Waals surface area contributed by atoms with Gasteiger partial charge in [0.15, 0.2) is 5.91 Å². The molecule has 18 heavy (non-hydrogen) atoms. The number of amides is 1. The third-order valence-electron chi connectivity index (χ3n) is 2.73. The van der Waals surface area contributed by atoms with Crippen molar-refractivity contribution in [2.75, 3.05) is 13.1 Å². The smallest absolute Gasteiger partial charge is 0.194 e. The molecule has 0 saturated heterocycles. The van der Waals surface area contributed by atoms with Crippen LogP contribution in [0.2, 0.25) is 0 Å². The van der Waals surface area contributed by atoms with Crippen molar-refractivity contribution in [2.45, 2.75) is 27.2 Å². The molecular formula is C15H19NOY-2. The molecular weight excluding hydrogens is 299 g/mol. The molecule has 2 nitrogen and oxygen atoms in total. The summed E-state index contributed by atoms with van der Waals surface area (Å²) in [6.07, 6.45) is 0.729. The minimum Gasteiger partial charge on any atom is -0.349 e. The zero-order valence-electron chi connectivity index (χ0n) is 11.4. The van der Waals surface area contributed by atoms with E-state index >= 15 is 0 Å². The summed E-state index contributed by atoms with van der Waals surface area (Å²) in [4.78, 5) is 13.9. The molecule has 1 radical (unpaired) electrons. The van der Waals surface area contributed by atoms with E-state index in [0.717, 1.165) is 24.1 Å². The minimum atomic E-state index is 0. The number of carbonyl (C=O) groups excluding carboxylic acids is 1. The molecule has 0 aromatic heterocycles. The largest absolute Gasteiger partial charge is 0.349 e. The Hall–Kier alpha value is -0.466. The van der Waals surface area contributed by atoms with E-state index in [9.17, 15) is 4.79 Å². The van der Waals surface area contributed by atoms with Gasteiger partial charge in [-0.15, -0.1) is 11.6 Å². The van der Waals surface area contributed by atoms with Crippen molar-refractivity contribution in [1.82, 2.24) is 4.90 Å². The number of fused-ring (bicyclic) bond motifs is 1. The second-order valence-electron chi connectivity index (χ2n) is 3.62. The number of hydrogen-bond acceptors (Lipinski definition) is 1. The van der Waals surface area contributed by atoms with Crippen LogP contribution in [0, 0.1) is 12.6 Å². The predicted octanol–water partition coefficient (Wildman–Crippen LogP) is 3.19. The number of nitrogens with zero attached hydrogens (tertiary/aromatic N) is 1. The summed E-state index contributed by atoms with van der Waals surface area (Å²) in [7, 11) is 0. The molecule has 1 aromatic rings. The van der Waals surface area contributed by atoms with Crippen molar-refractivity contribution < 1.29 is 37.5 Å². The summed E-state index contributed by atoms with van der Waals surface area (Å²) in [6, 6.07) is 8.47. The van der Waals surface area contributed by atoms with Crippen LogP contribution in [0.4, 0.5) is 0 Å². The molecule has 1 aliphatic heterocycles. The van der Waals surface area contributed by atoms with Crippen LogP contribution in [-0.4, -0.2) is 23.9 Å². The van der Waals surface area contributed by atoms with Crippen LogP contribution in [0.5, 0.6) is 0 Å². The molecule has 0 atom stereocenters. The Morgan fingerprint density at radius 1 is 1.44 bits per heavy atom. The van der Waals surface area contributed by atoms with Crippen molar-refractivity contribution in [3.8, 4) is 0 Å². The molecule has 1 aliphatic rings. The average Bonchev–Trinajstić information content (AvgIpc) is 2.52. The van der Waals surface area contributed by atoms with Gasteiger partial charge in [0.1, 0.15) is 0 Å². The van der Waals surface area contributed by atoms with E-state index in [0.29, 0.717) is 12.1 Å². The Balaban J connectivity index is 0.000000917. The molecule has 0 saturated carbocycles. The molecule has 0 aliphatic carbocycles. The van der Waals surface area contributed by atoms with Crippen LogP contribution in [0.1, 0.15) is 43.1 Å². The van der Waals surface area contributed by atoms with Gasteiger partial charge in [0.25, 0.3) is 0 Å². The number of carbonyl (C=O) groups is 1. The van der Waals surface area contributed by atoms with Crippen molar-refractivity contribution in [2.24, 2.45) is 0 Å². The first-order valence-electron chi connectivity index (χ1n) is 6.15. The standard InChI is InChI=1S/C13H13NO.C2H6.Y/c1-3-14-9-8-10(2)11-6-4-5-7-12(11)13(14)15;1-2;/h2,4-5,7H,3,8-9H2,1H3;1-2H3;/q-2;;. The molecule has 1 amide bonds. The fraction of sp³-hybridized carbons (Fsp3) is 0.400. The van der Waals surface area contributed by atoms with Gasteiger partial charge in [-0.25, -0.2) is 6.07 Å². The summed E-state index contributed by atoms with van der Waals surface area (Å²) >= 11 is 0. The first kappa shape index (κ1) is 17.5. The third kappa shape index (κ3) is 3.76. The van der Waals surface area contributed by atoms with E-state index < -0.39 is 0 Å². The van der Waals surface area contributed by atoms with Crippen LogP contribution < -0.4 is 0 Å². The molecule has 0 fully saturated rings. The second-order valence-corrected chi connectivity index (χ2v) is 3.62. The SMILES string of the molecule is CC.[CH-]=C1CCN(CC)C(=O)c2ccc[c-]c21.[Y]. The Bertz CT molecular complexity index is 415. The molecule has 0 bridgehead atoms. The van der Waals surface area contributed by atoms with Crippen LogP contribution in [0.3, 0.4) is 0 Å². The van der Waals surface area contributed by atoms with Gasteiger partial charge in [0, 0.05) is 45.8 Å². The normalized spacial score (nSPS) is 13.8. The second kappa shape index (κ2) is 8.60. The first-order valence-corrected chi connectivity index (χ1v) is 6.15. The van der Waals surface area contributed by atoms with Crippen molar-refractivity contribution in [3.05, 3.63) is 42.0 Å². The summed E-state index contributed by atoms with van der Waals surface area (Å²) in [6.45, 7) is 13.3. The molecule has 2 rings (SSSR count). The van der Waals surface area contributed by atoms with E-state index in [1.807, 2.05) is 37.8 Å². The maximum absolute atomic E-state index is 12.1. The fourth-order valence-corrected chi connectivity index (χ4v) is 1.83. The van der Waals surface area contributed by atoms with E-state index in [-0.39, 0.29) is 38.6 Å². The van der Waals surface area contributed by atoms with E-state index in [1.165, 1.54) is 0 Å². The van der Waals surface area contributed by atoms with Crippen LogP contribution in [-0.2, 0) is 32.7 Å². The quantitative estimate of drug-likeness (QED) is 0.728. The number of benzene rings is 1. The number of hydrogen-bond donors (Lipinski definition) is 0. The molecule has 1 aromatic carbocycles. The third-order valence-corrected chi connectivity index (χ3v) is 2.73. The Morgan fingerprint density at radius 2 is 2.11 bits per heavy atom. The molecule has 0 spiro atoms. The van der Waals surface area contributed by atoms with Gasteiger partial charge in [0.2, 0.25) is 0 Å². The van der Waals surface area contributed by atoms with Gasteiger partial charge in [-0.05, 0) is 6.92 Å². The van der Waals surface area contributed by atoms with Crippen LogP contribution in [0.15, 0.2) is 18.2 Å². The van der Waals surface area contributed by atoms with Crippen LogP contribution in [0.25, 0.3) is 5.57 Å². The fourth-order valence-electron chi connectivity index (χ4n) is 1.83. The van der Waals surface area contributed by atoms with Crippen molar-refractivity contribution in [1.29, 1.82) is 0 Å². The maximum Gasteiger partial charge on any atom is 0.194 e. The Morgan fingerprint density at radius 3 is 2.72 bits per heavy atom. The van der Waals surface area contributed by atoms with Crippen molar-refractivity contribution in [3.63, 3.8) is 0 Å². The molecule has 1 heterocycles.